The van der Waals surface area contributed by atoms with Gasteiger partial charge < -0.3 is 19.3 Å². The quantitative estimate of drug-likeness (QED) is 0.763. The van der Waals surface area contributed by atoms with E-state index in [0.717, 1.165) is 11.1 Å². The summed E-state index contributed by atoms with van der Waals surface area (Å²) in [5.74, 6) is 1.32. The Labute approximate surface area is 145 Å². The van der Waals surface area contributed by atoms with Crippen molar-refractivity contribution in [3.05, 3.63) is 59.8 Å². The number of amides is 1. The van der Waals surface area contributed by atoms with E-state index in [2.05, 4.69) is 10.5 Å². The molecule has 6 heteroatoms. The van der Waals surface area contributed by atoms with Crippen molar-refractivity contribution in [1.29, 1.82) is 0 Å². The van der Waals surface area contributed by atoms with Crippen LogP contribution < -0.4 is 14.8 Å². The molecule has 6 nitrogen and oxygen atoms in total. The Balaban J connectivity index is 1.81. The first-order chi connectivity index (χ1) is 12.1. The van der Waals surface area contributed by atoms with Gasteiger partial charge in [0.2, 0.25) is 0 Å². The van der Waals surface area contributed by atoms with Gasteiger partial charge >= 0.3 is 0 Å². The van der Waals surface area contributed by atoms with Crippen LogP contribution in [0.25, 0.3) is 11.3 Å². The van der Waals surface area contributed by atoms with Crippen molar-refractivity contribution in [1.82, 2.24) is 5.16 Å². The molecule has 0 saturated heterocycles. The van der Waals surface area contributed by atoms with Gasteiger partial charge in [0.15, 0.2) is 23.0 Å². The first kappa shape index (κ1) is 16.6. The summed E-state index contributed by atoms with van der Waals surface area (Å²) in [5, 5.41) is 6.65. The largest absolute Gasteiger partial charge is 0.493 e. The molecule has 0 fully saturated rings. The lowest BCUT2D eigenvalue weighted by Gasteiger charge is -2.07. The molecule has 0 unspecified atom stereocenters. The van der Waals surface area contributed by atoms with Crippen LogP contribution in [-0.4, -0.2) is 25.3 Å². The molecule has 0 spiro atoms. The number of nitrogens with one attached hydrogen (secondary N) is 1. The van der Waals surface area contributed by atoms with E-state index in [4.69, 9.17) is 14.0 Å². The lowest BCUT2D eigenvalue weighted by Crippen LogP contribution is -2.12. The first-order valence-electron chi connectivity index (χ1n) is 7.68. The van der Waals surface area contributed by atoms with Crippen molar-refractivity contribution < 1.29 is 18.8 Å². The summed E-state index contributed by atoms with van der Waals surface area (Å²) < 4.78 is 15.8. The monoisotopic (exact) mass is 338 g/mol. The van der Waals surface area contributed by atoms with E-state index < -0.39 is 0 Å². The highest BCUT2D eigenvalue weighted by Gasteiger charge is 2.15. The molecule has 1 amide bonds. The molecule has 0 aliphatic heterocycles. The van der Waals surface area contributed by atoms with Crippen molar-refractivity contribution in [2.75, 3.05) is 19.5 Å². The van der Waals surface area contributed by atoms with Crippen molar-refractivity contribution in [3.63, 3.8) is 0 Å². The lowest BCUT2D eigenvalue weighted by molar-refractivity contribution is 0.101. The van der Waals surface area contributed by atoms with E-state index in [1.165, 1.54) is 0 Å². The zero-order valence-electron chi connectivity index (χ0n) is 14.2. The molecule has 1 aromatic heterocycles. The molecule has 0 radical (unpaired) electrons. The van der Waals surface area contributed by atoms with Crippen molar-refractivity contribution in [2.45, 2.75) is 6.92 Å². The average Bonchev–Trinajstić information content (AvgIpc) is 3.11. The van der Waals surface area contributed by atoms with Crippen LogP contribution in [0.2, 0.25) is 0 Å². The molecule has 3 aromatic rings. The molecule has 1 N–H and O–H groups in total. The summed E-state index contributed by atoms with van der Waals surface area (Å²) in [7, 11) is 3.13. The van der Waals surface area contributed by atoms with E-state index in [9.17, 15) is 4.79 Å². The second-order valence-corrected chi connectivity index (χ2v) is 5.47. The standard InChI is InChI=1S/C19H18N2O4/c1-12-5-4-6-14(9-12)20-19(22)15-11-17(25-21-15)13-7-8-16(23-2)18(10-13)24-3/h4-11H,1-3H3,(H,20,22). The number of aromatic nitrogens is 1. The SMILES string of the molecule is COc1ccc(-c2cc(C(=O)Nc3cccc(C)c3)no2)cc1OC. The predicted octanol–water partition coefficient (Wildman–Crippen LogP) is 3.92. The van der Waals surface area contributed by atoms with Crippen LogP contribution in [0, 0.1) is 6.92 Å². The molecule has 0 atom stereocenters. The molecule has 0 saturated carbocycles. The first-order valence-corrected chi connectivity index (χ1v) is 7.68. The van der Waals surface area contributed by atoms with Gasteiger partial charge in [-0.3, -0.25) is 4.79 Å². The molecule has 0 bridgehead atoms. The van der Waals surface area contributed by atoms with Gasteiger partial charge in [-0.05, 0) is 42.8 Å². The van der Waals surface area contributed by atoms with E-state index in [1.54, 1.807) is 32.4 Å². The number of carbonyl (C=O) groups excluding carboxylic acids is 1. The Morgan fingerprint density at radius 3 is 2.56 bits per heavy atom. The lowest BCUT2D eigenvalue weighted by atomic mass is 10.1. The number of nitrogens with zero attached hydrogens (tertiary/aromatic N) is 1. The third kappa shape index (κ3) is 3.63. The second-order valence-electron chi connectivity index (χ2n) is 5.47. The number of hydrogen-bond donors (Lipinski definition) is 1. The van der Waals surface area contributed by atoms with Crippen LogP contribution in [0.15, 0.2) is 53.1 Å². The number of benzene rings is 2. The van der Waals surface area contributed by atoms with Crippen LogP contribution in [0.5, 0.6) is 11.5 Å². The predicted molar refractivity (Wildman–Crippen MR) is 94.2 cm³/mol. The Kier molecular flexibility index (Phi) is 4.70. The molecule has 128 valence electrons. The fourth-order valence-corrected chi connectivity index (χ4v) is 2.43. The molecule has 3 rings (SSSR count). The van der Waals surface area contributed by atoms with Gasteiger partial charge in [0.1, 0.15) is 0 Å². The number of rotatable bonds is 5. The molecular formula is C19H18N2O4. The number of carbonyl (C=O) groups is 1. The Morgan fingerprint density at radius 1 is 1.04 bits per heavy atom. The average molecular weight is 338 g/mol. The molecule has 0 aliphatic rings. The second kappa shape index (κ2) is 7.09. The maximum atomic E-state index is 12.3. The highest BCUT2D eigenvalue weighted by Crippen LogP contribution is 2.32. The minimum atomic E-state index is -0.332. The maximum absolute atomic E-state index is 12.3. The van der Waals surface area contributed by atoms with Crippen molar-refractivity contribution in [2.24, 2.45) is 0 Å². The summed E-state index contributed by atoms with van der Waals surface area (Å²) in [6.45, 7) is 1.96. The highest BCUT2D eigenvalue weighted by molar-refractivity contribution is 6.03. The van der Waals surface area contributed by atoms with Crippen molar-refractivity contribution in [3.8, 4) is 22.8 Å². The van der Waals surface area contributed by atoms with E-state index in [1.807, 2.05) is 37.3 Å². The Hall–Kier alpha value is -3.28. The minimum absolute atomic E-state index is 0.200. The summed E-state index contributed by atoms with van der Waals surface area (Å²) >= 11 is 0. The molecule has 0 aliphatic carbocycles. The number of methoxy groups -OCH3 is 2. The normalized spacial score (nSPS) is 10.4. The Morgan fingerprint density at radius 2 is 1.84 bits per heavy atom. The third-order valence-electron chi connectivity index (χ3n) is 3.69. The summed E-state index contributed by atoms with van der Waals surface area (Å²) in [4.78, 5) is 12.3. The van der Waals surface area contributed by atoms with Crippen LogP contribution in [-0.2, 0) is 0 Å². The molecular weight excluding hydrogens is 320 g/mol. The third-order valence-corrected chi connectivity index (χ3v) is 3.69. The van der Waals surface area contributed by atoms with Crippen LogP contribution >= 0.6 is 0 Å². The van der Waals surface area contributed by atoms with Gasteiger partial charge in [-0.2, -0.15) is 0 Å². The summed E-state index contributed by atoms with van der Waals surface area (Å²) in [5.41, 5.74) is 2.70. The fourth-order valence-electron chi connectivity index (χ4n) is 2.43. The zero-order chi connectivity index (χ0) is 17.8. The fraction of sp³-hybridized carbons (Fsp3) is 0.158. The van der Waals surface area contributed by atoms with E-state index in [0.29, 0.717) is 22.9 Å². The number of aryl methyl sites for hydroxylation is 1. The van der Waals surface area contributed by atoms with Crippen molar-refractivity contribution >= 4 is 11.6 Å². The summed E-state index contributed by atoms with van der Waals surface area (Å²) in [6.07, 6.45) is 0. The Bertz CT molecular complexity index is 902. The zero-order valence-corrected chi connectivity index (χ0v) is 14.2. The summed E-state index contributed by atoms with van der Waals surface area (Å²) in [6, 6.07) is 14.5. The number of anilines is 1. The molecule has 25 heavy (non-hydrogen) atoms. The van der Waals surface area contributed by atoms with Gasteiger partial charge in [-0.1, -0.05) is 17.3 Å². The van der Waals surface area contributed by atoms with E-state index >= 15 is 0 Å². The molecule has 2 aromatic carbocycles. The van der Waals surface area contributed by atoms with Gasteiger partial charge in [0.05, 0.1) is 14.2 Å². The van der Waals surface area contributed by atoms with Crippen LogP contribution in [0.3, 0.4) is 0 Å². The van der Waals surface area contributed by atoms with Gasteiger partial charge in [0, 0.05) is 17.3 Å². The number of hydrogen-bond acceptors (Lipinski definition) is 5. The highest BCUT2D eigenvalue weighted by atomic mass is 16.5. The van der Waals surface area contributed by atoms with E-state index in [-0.39, 0.29) is 11.6 Å². The van der Waals surface area contributed by atoms with Gasteiger partial charge in [-0.15, -0.1) is 0 Å². The molecule has 1 heterocycles. The number of ether oxygens (including phenoxy) is 2. The topological polar surface area (TPSA) is 73.6 Å². The van der Waals surface area contributed by atoms with Gasteiger partial charge in [0.25, 0.3) is 5.91 Å². The van der Waals surface area contributed by atoms with Gasteiger partial charge in [-0.25, -0.2) is 0 Å². The maximum Gasteiger partial charge on any atom is 0.277 e. The minimum Gasteiger partial charge on any atom is -0.493 e. The smallest absolute Gasteiger partial charge is 0.277 e. The van der Waals surface area contributed by atoms with Crippen LogP contribution in [0.1, 0.15) is 16.1 Å². The van der Waals surface area contributed by atoms with Crippen LogP contribution in [0.4, 0.5) is 5.69 Å².